The average molecular weight is 228 g/mol. The molecule has 0 amide bonds. The van der Waals surface area contributed by atoms with Crippen molar-refractivity contribution >= 4 is 6.08 Å². The van der Waals surface area contributed by atoms with E-state index in [2.05, 4.69) is 18.2 Å². The number of aliphatic hydroxyl groups is 1. The Morgan fingerprint density at radius 3 is 2.59 bits per heavy atom. The maximum Gasteiger partial charge on any atom is 0.180 e. The van der Waals surface area contributed by atoms with Crippen LogP contribution in [0.15, 0.2) is 59.7 Å². The minimum atomic E-state index is -0.815. The molecule has 2 rings (SSSR count). The van der Waals surface area contributed by atoms with Gasteiger partial charge in [-0.05, 0) is 17.6 Å². The van der Waals surface area contributed by atoms with E-state index in [4.69, 9.17) is 4.74 Å². The number of ether oxygens (including phenoxy) is 1. The van der Waals surface area contributed by atoms with Gasteiger partial charge in [0.2, 0.25) is 0 Å². The van der Waals surface area contributed by atoms with E-state index in [-0.39, 0.29) is 0 Å². The van der Waals surface area contributed by atoms with Crippen LogP contribution in [0, 0.1) is 0 Å². The fourth-order valence-electron chi connectivity index (χ4n) is 1.76. The summed E-state index contributed by atoms with van der Waals surface area (Å²) >= 11 is 0. The first-order valence-corrected chi connectivity index (χ1v) is 5.64. The Hall–Kier alpha value is -1.64. The van der Waals surface area contributed by atoms with E-state index < -0.39 is 6.29 Å². The molecular formula is C15H16O2. The Balaban J connectivity index is 2.08. The van der Waals surface area contributed by atoms with E-state index in [1.165, 1.54) is 18.2 Å². The Morgan fingerprint density at radius 1 is 1.24 bits per heavy atom. The summed E-state index contributed by atoms with van der Waals surface area (Å²) in [6.07, 6.45) is 8.05. The molecule has 1 unspecified atom stereocenters. The summed E-state index contributed by atoms with van der Waals surface area (Å²) in [6, 6.07) is 10.2. The zero-order valence-electron chi connectivity index (χ0n) is 9.84. The zero-order chi connectivity index (χ0) is 12.1. The number of hydrogen-bond acceptors (Lipinski definition) is 2. The molecule has 0 saturated heterocycles. The maximum atomic E-state index is 9.50. The predicted molar refractivity (Wildman–Crippen MR) is 69.3 cm³/mol. The van der Waals surface area contributed by atoms with Crippen molar-refractivity contribution in [3.8, 4) is 0 Å². The van der Waals surface area contributed by atoms with Gasteiger partial charge in [-0.2, -0.15) is 0 Å². The predicted octanol–water partition coefficient (Wildman–Crippen LogP) is 2.92. The molecule has 1 aliphatic rings. The van der Waals surface area contributed by atoms with Crippen LogP contribution in [0.4, 0.5) is 0 Å². The number of allylic oxidation sites excluding steroid dienone is 3. The fourth-order valence-corrected chi connectivity index (χ4v) is 1.76. The van der Waals surface area contributed by atoms with Gasteiger partial charge in [-0.3, -0.25) is 0 Å². The first-order chi connectivity index (χ1) is 8.29. The third-order valence-corrected chi connectivity index (χ3v) is 2.72. The highest BCUT2D eigenvalue weighted by molar-refractivity contribution is 5.58. The lowest BCUT2D eigenvalue weighted by atomic mass is 10.00. The number of aliphatic hydroxyl groups excluding tert-OH is 1. The summed E-state index contributed by atoms with van der Waals surface area (Å²) in [4.78, 5) is 0. The summed E-state index contributed by atoms with van der Waals surface area (Å²) < 4.78 is 4.86. The van der Waals surface area contributed by atoms with Gasteiger partial charge in [-0.25, -0.2) is 0 Å². The second-order valence-corrected chi connectivity index (χ2v) is 3.96. The minimum Gasteiger partial charge on any atom is -0.364 e. The Labute approximate surface area is 102 Å². The molecule has 0 saturated carbocycles. The van der Waals surface area contributed by atoms with E-state index in [1.54, 1.807) is 0 Å². The molecule has 1 aromatic rings. The summed E-state index contributed by atoms with van der Waals surface area (Å²) in [7, 11) is 1.49. The molecule has 17 heavy (non-hydrogen) atoms. The lowest BCUT2D eigenvalue weighted by Crippen LogP contribution is -2.12. The van der Waals surface area contributed by atoms with Crippen LogP contribution in [0.1, 0.15) is 12.0 Å². The Kier molecular flexibility index (Phi) is 3.91. The van der Waals surface area contributed by atoms with E-state index in [0.29, 0.717) is 0 Å². The van der Waals surface area contributed by atoms with Gasteiger partial charge in [0.1, 0.15) is 0 Å². The van der Waals surface area contributed by atoms with Gasteiger partial charge in [-0.1, -0.05) is 54.6 Å². The summed E-state index contributed by atoms with van der Waals surface area (Å²) in [6.45, 7) is 0. The number of methoxy groups -OCH3 is 1. The first kappa shape index (κ1) is 11.8. The van der Waals surface area contributed by atoms with Crippen LogP contribution in [0.3, 0.4) is 0 Å². The van der Waals surface area contributed by atoms with Gasteiger partial charge in [-0.15, -0.1) is 0 Å². The van der Waals surface area contributed by atoms with Crippen molar-refractivity contribution in [1.82, 2.24) is 0 Å². The van der Waals surface area contributed by atoms with E-state index in [0.717, 1.165) is 12.0 Å². The molecular weight excluding hydrogens is 212 g/mol. The second kappa shape index (κ2) is 5.62. The highest BCUT2D eigenvalue weighted by Crippen LogP contribution is 2.20. The SMILES string of the molecule is COC(O)C1=CCC(=Cc2ccccc2)C=C1. The molecule has 2 nitrogen and oxygen atoms in total. The third kappa shape index (κ3) is 3.16. The number of hydrogen-bond donors (Lipinski definition) is 1. The number of benzene rings is 1. The molecule has 0 heterocycles. The Morgan fingerprint density at radius 2 is 2.00 bits per heavy atom. The Bertz CT molecular complexity index is 455. The molecule has 0 aliphatic heterocycles. The summed E-state index contributed by atoms with van der Waals surface area (Å²) in [5.74, 6) is 0. The van der Waals surface area contributed by atoms with Gasteiger partial charge in [0.15, 0.2) is 6.29 Å². The van der Waals surface area contributed by atoms with Crippen molar-refractivity contribution in [2.24, 2.45) is 0 Å². The van der Waals surface area contributed by atoms with Crippen LogP contribution in [-0.4, -0.2) is 18.5 Å². The van der Waals surface area contributed by atoms with Gasteiger partial charge in [0.25, 0.3) is 0 Å². The van der Waals surface area contributed by atoms with Crippen LogP contribution in [-0.2, 0) is 4.74 Å². The number of rotatable bonds is 3. The van der Waals surface area contributed by atoms with E-state index in [1.807, 2.05) is 36.4 Å². The van der Waals surface area contributed by atoms with Gasteiger partial charge < -0.3 is 9.84 Å². The van der Waals surface area contributed by atoms with Crippen molar-refractivity contribution < 1.29 is 9.84 Å². The fraction of sp³-hybridized carbons (Fsp3) is 0.200. The van der Waals surface area contributed by atoms with Crippen molar-refractivity contribution in [3.05, 3.63) is 65.3 Å². The van der Waals surface area contributed by atoms with Gasteiger partial charge in [0, 0.05) is 12.7 Å². The van der Waals surface area contributed by atoms with E-state index >= 15 is 0 Å². The molecule has 0 spiro atoms. The molecule has 1 N–H and O–H groups in total. The molecule has 1 aromatic carbocycles. The maximum absolute atomic E-state index is 9.50. The lowest BCUT2D eigenvalue weighted by Gasteiger charge is -2.13. The normalized spacial score (nSPS) is 19.2. The minimum absolute atomic E-state index is 0.815. The van der Waals surface area contributed by atoms with Gasteiger partial charge in [0.05, 0.1) is 0 Å². The smallest absolute Gasteiger partial charge is 0.180 e. The molecule has 0 aromatic heterocycles. The molecule has 1 atom stereocenters. The van der Waals surface area contributed by atoms with Crippen molar-refractivity contribution in [2.75, 3.05) is 7.11 Å². The highest BCUT2D eigenvalue weighted by atomic mass is 16.6. The van der Waals surface area contributed by atoms with Crippen LogP contribution in [0.2, 0.25) is 0 Å². The van der Waals surface area contributed by atoms with E-state index in [9.17, 15) is 5.11 Å². The highest BCUT2D eigenvalue weighted by Gasteiger charge is 2.09. The van der Waals surface area contributed by atoms with Crippen molar-refractivity contribution in [1.29, 1.82) is 0 Å². The second-order valence-electron chi connectivity index (χ2n) is 3.96. The summed E-state index contributed by atoms with van der Waals surface area (Å²) in [5, 5.41) is 9.50. The molecule has 0 radical (unpaired) electrons. The zero-order valence-corrected chi connectivity index (χ0v) is 9.84. The van der Waals surface area contributed by atoms with Crippen LogP contribution in [0.5, 0.6) is 0 Å². The molecule has 88 valence electrons. The largest absolute Gasteiger partial charge is 0.364 e. The topological polar surface area (TPSA) is 29.5 Å². The standard InChI is InChI=1S/C15H16O2/c1-17-15(16)14-9-7-13(8-10-14)11-12-5-3-2-4-6-12/h2-7,9-11,15-16H,8H2,1H3. The monoisotopic (exact) mass is 228 g/mol. The molecule has 1 aliphatic carbocycles. The quantitative estimate of drug-likeness (QED) is 0.806. The summed E-state index contributed by atoms with van der Waals surface area (Å²) in [5.41, 5.74) is 3.23. The van der Waals surface area contributed by atoms with Crippen LogP contribution in [0.25, 0.3) is 6.08 Å². The van der Waals surface area contributed by atoms with Crippen molar-refractivity contribution in [3.63, 3.8) is 0 Å². The third-order valence-electron chi connectivity index (χ3n) is 2.72. The van der Waals surface area contributed by atoms with Crippen LogP contribution < -0.4 is 0 Å². The molecule has 2 heteroatoms. The van der Waals surface area contributed by atoms with Crippen LogP contribution >= 0.6 is 0 Å². The average Bonchev–Trinajstić information content (AvgIpc) is 2.40. The lowest BCUT2D eigenvalue weighted by molar-refractivity contribution is -0.0422. The van der Waals surface area contributed by atoms with Crippen molar-refractivity contribution in [2.45, 2.75) is 12.7 Å². The molecule has 0 fully saturated rings. The molecule has 0 bridgehead atoms. The van der Waals surface area contributed by atoms with Gasteiger partial charge >= 0.3 is 0 Å². The first-order valence-electron chi connectivity index (χ1n) is 5.64.